The molecule has 8 nitrogen and oxygen atoms in total. The Morgan fingerprint density at radius 3 is 2.87 bits per heavy atom. The standard InChI is InChI=1S/C14H20N4O4S/c1-9(15-2)8-16-13(19)10-4-3-7-17(10)14(20)11-5-6-12(23-11)18(21)22/h5-6,9-10,15H,3-4,7-8H2,1-2H3,(H,16,19). The molecule has 23 heavy (non-hydrogen) atoms. The van der Waals surface area contributed by atoms with Gasteiger partial charge in [0.05, 0.1) is 9.80 Å². The van der Waals surface area contributed by atoms with Crippen molar-refractivity contribution in [1.29, 1.82) is 0 Å². The van der Waals surface area contributed by atoms with E-state index in [0.717, 1.165) is 17.8 Å². The van der Waals surface area contributed by atoms with Crippen LogP contribution in [0.3, 0.4) is 0 Å². The SMILES string of the molecule is CNC(C)CNC(=O)C1CCCN1C(=O)c1ccc([N+](=O)[O-])s1. The Bertz CT molecular complexity index is 603. The van der Waals surface area contributed by atoms with E-state index in [1.807, 2.05) is 14.0 Å². The molecule has 2 amide bonds. The zero-order valence-corrected chi connectivity index (χ0v) is 13.9. The number of likely N-dealkylation sites (tertiary alicyclic amines) is 1. The van der Waals surface area contributed by atoms with Crippen molar-refractivity contribution < 1.29 is 14.5 Å². The van der Waals surface area contributed by atoms with E-state index >= 15 is 0 Å². The summed E-state index contributed by atoms with van der Waals surface area (Å²) in [6.07, 6.45) is 1.36. The summed E-state index contributed by atoms with van der Waals surface area (Å²) >= 11 is 0.840. The Kier molecular flexibility index (Phi) is 5.67. The molecule has 0 radical (unpaired) electrons. The summed E-state index contributed by atoms with van der Waals surface area (Å²) < 4.78 is 0. The predicted molar refractivity (Wildman–Crippen MR) is 86.6 cm³/mol. The van der Waals surface area contributed by atoms with Gasteiger partial charge in [-0.3, -0.25) is 19.7 Å². The first-order valence-electron chi connectivity index (χ1n) is 7.44. The minimum atomic E-state index is -0.519. The van der Waals surface area contributed by atoms with Crippen LogP contribution in [0.4, 0.5) is 5.00 Å². The number of carbonyl (C=O) groups is 2. The smallest absolute Gasteiger partial charge is 0.324 e. The van der Waals surface area contributed by atoms with Gasteiger partial charge in [-0.25, -0.2) is 0 Å². The van der Waals surface area contributed by atoms with E-state index in [1.165, 1.54) is 17.0 Å². The lowest BCUT2D eigenvalue weighted by molar-refractivity contribution is -0.380. The van der Waals surface area contributed by atoms with Crippen LogP contribution in [0.15, 0.2) is 12.1 Å². The molecule has 9 heteroatoms. The van der Waals surface area contributed by atoms with Gasteiger partial charge in [-0.2, -0.15) is 0 Å². The molecule has 0 bridgehead atoms. The molecule has 2 heterocycles. The highest BCUT2D eigenvalue weighted by molar-refractivity contribution is 7.17. The van der Waals surface area contributed by atoms with E-state index < -0.39 is 11.0 Å². The molecular formula is C14H20N4O4S. The van der Waals surface area contributed by atoms with E-state index in [9.17, 15) is 19.7 Å². The van der Waals surface area contributed by atoms with Gasteiger partial charge in [0, 0.05) is 25.2 Å². The van der Waals surface area contributed by atoms with E-state index in [-0.39, 0.29) is 22.9 Å². The van der Waals surface area contributed by atoms with E-state index in [4.69, 9.17) is 0 Å². The zero-order valence-electron chi connectivity index (χ0n) is 13.1. The van der Waals surface area contributed by atoms with Crippen molar-refractivity contribution in [1.82, 2.24) is 15.5 Å². The highest BCUT2D eigenvalue weighted by Gasteiger charge is 2.35. The first-order chi connectivity index (χ1) is 10.9. The normalized spacial score (nSPS) is 18.7. The summed E-state index contributed by atoms with van der Waals surface area (Å²) in [5.41, 5.74) is 0. The first-order valence-corrected chi connectivity index (χ1v) is 8.26. The van der Waals surface area contributed by atoms with Crippen molar-refractivity contribution in [3.63, 3.8) is 0 Å². The fraction of sp³-hybridized carbons (Fsp3) is 0.571. The van der Waals surface area contributed by atoms with Crippen molar-refractivity contribution in [2.24, 2.45) is 0 Å². The largest absolute Gasteiger partial charge is 0.353 e. The Balaban J connectivity index is 2.03. The lowest BCUT2D eigenvalue weighted by Crippen LogP contribution is -2.48. The third-order valence-corrected chi connectivity index (χ3v) is 4.90. The van der Waals surface area contributed by atoms with Crippen LogP contribution in [-0.2, 0) is 4.79 Å². The number of rotatable bonds is 6. The van der Waals surface area contributed by atoms with Crippen molar-refractivity contribution in [2.75, 3.05) is 20.1 Å². The number of hydrogen-bond acceptors (Lipinski definition) is 6. The second kappa shape index (κ2) is 7.51. The van der Waals surface area contributed by atoms with Crippen molar-refractivity contribution in [3.05, 3.63) is 27.1 Å². The number of nitrogens with zero attached hydrogens (tertiary/aromatic N) is 2. The molecule has 2 N–H and O–H groups in total. The molecule has 1 aromatic rings. The summed E-state index contributed by atoms with van der Waals surface area (Å²) in [6, 6.07) is 2.40. The maximum atomic E-state index is 12.5. The van der Waals surface area contributed by atoms with Gasteiger partial charge in [0.1, 0.15) is 6.04 Å². The van der Waals surface area contributed by atoms with Crippen LogP contribution in [0.1, 0.15) is 29.4 Å². The number of amides is 2. The highest BCUT2D eigenvalue weighted by atomic mass is 32.1. The number of likely N-dealkylation sites (N-methyl/N-ethyl adjacent to an activating group) is 1. The summed E-state index contributed by atoms with van der Waals surface area (Å²) in [5, 5.41) is 16.5. The molecule has 0 saturated carbocycles. The second-order valence-corrected chi connectivity index (χ2v) is 6.55. The minimum absolute atomic E-state index is 0.0728. The van der Waals surface area contributed by atoms with Crippen LogP contribution in [-0.4, -0.2) is 53.9 Å². The van der Waals surface area contributed by atoms with Gasteiger partial charge in [-0.1, -0.05) is 11.3 Å². The summed E-state index contributed by atoms with van der Waals surface area (Å²) in [6.45, 7) is 2.92. The molecule has 126 valence electrons. The van der Waals surface area contributed by atoms with Crippen LogP contribution < -0.4 is 10.6 Å². The van der Waals surface area contributed by atoms with Gasteiger partial charge in [-0.15, -0.1) is 0 Å². The summed E-state index contributed by atoms with van der Waals surface area (Å²) in [5.74, 6) is -0.494. The number of nitrogens with one attached hydrogen (secondary N) is 2. The molecule has 2 atom stereocenters. The summed E-state index contributed by atoms with van der Waals surface area (Å²) in [7, 11) is 1.81. The Labute approximate surface area is 138 Å². The molecule has 2 rings (SSSR count). The third-order valence-electron chi connectivity index (χ3n) is 3.87. The van der Waals surface area contributed by atoms with E-state index in [0.29, 0.717) is 24.4 Å². The average Bonchev–Trinajstić information content (AvgIpc) is 3.20. The predicted octanol–water partition coefficient (Wildman–Crippen LogP) is 0.985. The van der Waals surface area contributed by atoms with Gasteiger partial charge < -0.3 is 15.5 Å². The highest BCUT2D eigenvalue weighted by Crippen LogP contribution is 2.28. The lowest BCUT2D eigenvalue weighted by atomic mass is 10.2. The Hall–Kier alpha value is -2.00. The molecule has 0 aromatic carbocycles. The molecule has 0 aliphatic carbocycles. The molecule has 1 fully saturated rings. The lowest BCUT2D eigenvalue weighted by Gasteiger charge is -2.24. The van der Waals surface area contributed by atoms with E-state index in [2.05, 4.69) is 10.6 Å². The molecule has 1 aliphatic heterocycles. The quantitative estimate of drug-likeness (QED) is 0.593. The van der Waals surface area contributed by atoms with Crippen molar-refractivity contribution >= 4 is 28.2 Å². The van der Waals surface area contributed by atoms with Gasteiger partial charge in [0.25, 0.3) is 5.91 Å². The molecule has 2 unspecified atom stereocenters. The van der Waals surface area contributed by atoms with E-state index in [1.54, 1.807) is 0 Å². The van der Waals surface area contributed by atoms with Crippen LogP contribution >= 0.6 is 11.3 Å². The van der Waals surface area contributed by atoms with Crippen molar-refractivity contribution in [3.8, 4) is 0 Å². The minimum Gasteiger partial charge on any atom is -0.353 e. The maximum Gasteiger partial charge on any atom is 0.324 e. The van der Waals surface area contributed by atoms with Crippen LogP contribution in [0.25, 0.3) is 0 Å². The fourth-order valence-electron chi connectivity index (χ4n) is 2.44. The average molecular weight is 340 g/mol. The van der Waals surface area contributed by atoms with Crippen LogP contribution in [0, 0.1) is 10.1 Å². The number of hydrogen-bond donors (Lipinski definition) is 2. The first kappa shape index (κ1) is 17.4. The third kappa shape index (κ3) is 4.05. The fourth-order valence-corrected chi connectivity index (χ4v) is 3.21. The van der Waals surface area contributed by atoms with Gasteiger partial charge in [0.15, 0.2) is 0 Å². The van der Waals surface area contributed by atoms with Gasteiger partial charge in [0.2, 0.25) is 5.91 Å². The van der Waals surface area contributed by atoms with Crippen molar-refractivity contribution in [2.45, 2.75) is 31.8 Å². The molecule has 1 saturated heterocycles. The monoisotopic (exact) mass is 340 g/mol. The van der Waals surface area contributed by atoms with Crippen LogP contribution in [0.5, 0.6) is 0 Å². The van der Waals surface area contributed by atoms with Gasteiger partial charge >= 0.3 is 5.00 Å². The second-order valence-electron chi connectivity index (χ2n) is 5.49. The maximum absolute atomic E-state index is 12.5. The number of thiophene rings is 1. The topological polar surface area (TPSA) is 105 Å². The summed E-state index contributed by atoms with van der Waals surface area (Å²) in [4.78, 5) is 36.8. The Morgan fingerprint density at radius 1 is 1.52 bits per heavy atom. The van der Waals surface area contributed by atoms with Crippen LogP contribution in [0.2, 0.25) is 0 Å². The number of carbonyl (C=O) groups excluding carboxylic acids is 2. The molecule has 1 aromatic heterocycles. The molecular weight excluding hydrogens is 320 g/mol. The Morgan fingerprint density at radius 2 is 2.26 bits per heavy atom. The molecule has 0 spiro atoms. The zero-order chi connectivity index (χ0) is 17.0. The number of nitro groups is 1. The molecule has 1 aliphatic rings. The van der Waals surface area contributed by atoms with Gasteiger partial charge in [-0.05, 0) is 32.9 Å².